The topological polar surface area (TPSA) is 77.0 Å². The number of nitrogens with zero attached hydrogens (tertiary/aromatic N) is 3. The summed E-state index contributed by atoms with van der Waals surface area (Å²) in [5.41, 5.74) is 1.34. The average molecular weight is 472 g/mol. The standard InChI is InChI=1S/C23H22ClN3O4S/c1-5-30-22(29)19-13(2)25-23-27(20(19)14-6-8-15(24)9-7-14)21(28)17(32-23)12-16-10-11-18(31-16)26(3)4/h6-12,20H,5H2,1-4H3/b17-12-/t20-/m0/s1. The molecule has 2 aromatic heterocycles. The van der Waals surface area contributed by atoms with Crippen LogP contribution in [-0.2, 0) is 9.53 Å². The third kappa shape index (κ3) is 4.03. The number of allylic oxidation sites excluding steroid dienone is 1. The van der Waals surface area contributed by atoms with Crippen molar-refractivity contribution >= 4 is 40.9 Å². The minimum absolute atomic E-state index is 0.222. The van der Waals surface area contributed by atoms with Crippen LogP contribution in [0.1, 0.15) is 31.2 Å². The maximum atomic E-state index is 13.5. The first-order valence-electron chi connectivity index (χ1n) is 10.0. The molecule has 0 radical (unpaired) electrons. The number of benzene rings is 1. The van der Waals surface area contributed by atoms with E-state index in [1.54, 1.807) is 50.3 Å². The fourth-order valence-electron chi connectivity index (χ4n) is 3.54. The SMILES string of the molecule is CCOC(=O)C1=C(C)N=c2s/c(=C\c3ccc(N(C)C)o3)c(=O)n2[C@H]1c1ccc(Cl)cc1. The molecule has 4 rings (SSSR count). The zero-order chi connectivity index (χ0) is 23.0. The molecular weight excluding hydrogens is 450 g/mol. The lowest BCUT2D eigenvalue weighted by molar-refractivity contribution is -0.139. The number of furan rings is 1. The molecule has 3 heterocycles. The van der Waals surface area contributed by atoms with E-state index in [9.17, 15) is 9.59 Å². The Balaban J connectivity index is 1.92. The molecule has 166 valence electrons. The molecule has 0 saturated heterocycles. The summed E-state index contributed by atoms with van der Waals surface area (Å²) in [5, 5.41) is 0.564. The van der Waals surface area contributed by atoms with Crippen molar-refractivity contribution in [3.63, 3.8) is 0 Å². The van der Waals surface area contributed by atoms with Crippen molar-refractivity contribution in [3.05, 3.63) is 83.7 Å². The highest BCUT2D eigenvalue weighted by atomic mass is 35.5. The van der Waals surface area contributed by atoms with E-state index in [-0.39, 0.29) is 12.2 Å². The minimum atomic E-state index is -0.668. The van der Waals surface area contributed by atoms with E-state index in [1.807, 2.05) is 25.1 Å². The Labute approximate surface area is 193 Å². The molecule has 0 fully saturated rings. The number of hydrogen-bond acceptors (Lipinski definition) is 7. The van der Waals surface area contributed by atoms with Gasteiger partial charge in [0.1, 0.15) is 5.76 Å². The van der Waals surface area contributed by atoms with Crippen LogP contribution in [0.2, 0.25) is 5.02 Å². The summed E-state index contributed by atoms with van der Waals surface area (Å²) < 4.78 is 13.1. The van der Waals surface area contributed by atoms with Gasteiger partial charge in [-0.1, -0.05) is 35.1 Å². The van der Waals surface area contributed by atoms with Gasteiger partial charge in [-0.2, -0.15) is 0 Å². The highest BCUT2D eigenvalue weighted by Crippen LogP contribution is 2.31. The van der Waals surface area contributed by atoms with Gasteiger partial charge in [-0.3, -0.25) is 9.36 Å². The van der Waals surface area contributed by atoms with Gasteiger partial charge in [0.2, 0.25) is 0 Å². The molecule has 7 nitrogen and oxygen atoms in total. The number of hydrogen-bond donors (Lipinski definition) is 0. The normalized spacial score (nSPS) is 16.0. The first-order valence-corrected chi connectivity index (χ1v) is 11.2. The molecule has 1 aliphatic heterocycles. The molecule has 0 unspecified atom stereocenters. The van der Waals surface area contributed by atoms with E-state index in [4.69, 9.17) is 20.8 Å². The van der Waals surface area contributed by atoms with Crippen LogP contribution in [0.15, 0.2) is 61.9 Å². The van der Waals surface area contributed by atoms with E-state index in [1.165, 1.54) is 15.9 Å². The Morgan fingerprint density at radius 1 is 1.28 bits per heavy atom. The Morgan fingerprint density at radius 2 is 2.00 bits per heavy atom. The number of aromatic nitrogens is 1. The lowest BCUT2D eigenvalue weighted by Crippen LogP contribution is -2.39. The zero-order valence-electron chi connectivity index (χ0n) is 18.1. The van der Waals surface area contributed by atoms with Crippen molar-refractivity contribution < 1.29 is 13.9 Å². The molecule has 32 heavy (non-hydrogen) atoms. The number of ether oxygens (including phenoxy) is 1. The first-order chi connectivity index (χ1) is 15.3. The van der Waals surface area contributed by atoms with Gasteiger partial charge < -0.3 is 14.1 Å². The van der Waals surface area contributed by atoms with Gasteiger partial charge >= 0.3 is 5.97 Å². The highest BCUT2D eigenvalue weighted by Gasteiger charge is 2.33. The summed E-state index contributed by atoms with van der Waals surface area (Å²) in [4.78, 5) is 33.2. The number of anilines is 1. The van der Waals surface area contributed by atoms with Crippen LogP contribution in [0, 0.1) is 0 Å². The number of carbonyl (C=O) groups excluding carboxylic acids is 1. The molecule has 0 spiro atoms. The number of thiazole rings is 1. The Bertz CT molecular complexity index is 1380. The molecule has 0 amide bonds. The van der Waals surface area contributed by atoms with E-state index in [2.05, 4.69) is 4.99 Å². The van der Waals surface area contributed by atoms with Crippen molar-refractivity contribution in [2.45, 2.75) is 19.9 Å². The number of halogens is 1. The minimum Gasteiger partial charge on any atom is -0.463 e. The van der Waals surface area contributed by atoms with Crippen molar-refractivity contribution in [3.8, 4) is 0 Å². The van der Waals surface area contributed by atoms with Gasteiger partial charge in [0, 0.05) is 31.3 Å². The largest absolute Gasteiger partial charge is 0.463 e. The fourth-order valence-corrected chi connectivity index (χ4v) is 4.69. The third-order valence-electron chi connectivity index (χ3n) is 5.03. The molecular formula is C23H22ClN3O4S. The summed E-state index contributed by atoms with van der Waals surface area (Å²) in [6, 6.07) is 10.0. The molecule has 0 aliphatic carbocycles. The number of rotatable bonds is 5. The maximum absolute atomic E-state index is 13.5. The second kappa shape index (κ2) is 8.80. The molecule has 0 saturated carbocycles. The van der Waals surface area contributed by atoms with E-state index in [0.29, 0.717) is 37.3 Å². The van der Waals surface area contributed by atoms with Gasteiger partial charge in [-0.25, -0.2) is 9.79 Å². The fraction of sp³-hybridized carbons (Fsp3) is 0.261. The second-order valence-corrected chi connectivity index (χ2v) is 8.87. The third-order valence-corrected chi connectivity index (χ3v) is 6.26. The van der Waals surface area contributed by atoms with Gasteiger partial charge in [-0.15, -0.1) is 0 Å². The zero-order valence-corrected chi connectivity index (χ0v) is 19.7. The Kier molecular flexibility index (Phi) is 6.08. The Hall–Kier alpha value is -3.10. The molecule has 3 aromatic rings. The second-order valence-electron chi connectivity index (χ2n) is 7.42. The lowest BCUT2D eigenvalue weighted by Gasteiger charge is -2.24. The van der Waals surface area contributed by atoms with Crippen LogP contribution >= 0.6 is 22.9 Å². The van der Waals surface area contributed by atoms with Crippen LogP contribution in [0.4, 0.5) is 5.88 Å². The lowest BCUT2D eigenvalue weighted by atomic mass is 9.96. The maximum Gasteiger partial charge on any atom is 0.338 e. The van der Waals surface area contributed by atoms with E-state index in [0.717, 1.165) is 5.56 Å². The molecule has 0 bridgehead atoms. The average Bonchev–Trinajstić information content (AvgIpc) is 3.33. The predicted molar refractivity (Wildman–Crippen MR) is 125 cm³/mol. The molecule has 0 N–H and O–H groups in total. The summed E-state index contributed by atoms with van der Waals surface area (Å²) >= 11 is 7.32. The van der Waals surface area contributed by atoms with Crippen LogP contribution in [-0.4, -0.2) is 31.2 Å². The summed E-state index contributed by atoms with van der Waals surface area (Å²) in [5.74, 6) is 0.747. The number of fused-ring (bicyclic) bond motifs is 1. The van der Waals surface area contributed by atoms with Gasteiger partial charge in [0.25, 0.3) is 5.56 Å². The molecule has 9 heteroatoms. The van der Waals surface area contributed by atoms with Gasteiger partial charge in [0.05, 0.1) is 28.5 Å². The Morgan fingerprint density at radius 3 is 2.62 bits per heavy atom. The van der Waals surface area contributed by atoms with Gasteiger partial charge in [0.15, 0.2) is 10.7 Å². The summed E-state index contributed by atoms with van der Waals surface area (Å²) in [6.45, 7) is 3.72. The van der Waals surface area contributed by atoms with Gasteiger partial charge in [-0.05, 0) is 37.6 Å². The first kappa shape index (κ1) is 22.1. The van der Waals surface area contributed by atoms with Crippen LogP contribution in [0.25, 0.3) is 6.08 Å². The van der Waals surface area contributed by atoms with E-state index < -0.39 is 12.0 Å². The van der Waals surface area contributed by atoms with Crippen molar-refractivity contribution in [2.24, 2.45) is 4.99 Å². The molecule has 1 atom stereocenters. The number of esters is 1. The highest BCUT2D eigenvalue weighted by molar-refractivity contribution is 7.07. The van der Waals surface area contributed by atoms with E-state index >= 15 is 0 Å². The molecule has 1 aliphatic rings. The summed E-state index contributed by atoms with van der Waals surface area (Å²) in [6.07, 6.45) is 1.69. The van der Waals surface area contributed by atoms with Crippen molar-refractivity contribution in [2.75, 3.05) is 25.6 Å². The van der Waals surface area contributed by atoms with Crippen molar-refractivity contribution in [1.82, 2.24) is 4.57 Å². The monoisotopic (exact) mass is 471 g/mol. The quantitative estimate of drug-likeness (QED) is 0.534. The van der Waals surface area contributed by atoms with Crippen LogP contribution in [0.3, 0.4) is 0 Å². The summed E-state index contributed by atoms with van der Waals surface area (Å²) in [7, 11) is 3.75. The number of carbonyl (C=O) groups is 1. The predicted octanol–water partition coefficient (Wildman–Crippen LogP) is 3.11. The van der Waals surface area contributed by atoms with Crippen LogP contribution in [0.5, 0.6) is 0 Å². The van der Waals surface area contributed by atoms with Crippen LogP contribution < -0.4 is 19.8 Å². The smallest absolute Gasteiger partial charge is 0.338 e. The molecule has 1 aromatic carbocycles. The van der Waals surface area contributed by atoms with Crippen molar-refractivity contribution in [1.29, 1.82) is 0 Å².